The molecule has 0 bridgehead atoms. The molecule has 0 aliphatic rings. The summed E-state index contributed by atoms with van der Waals surface area (Å²) in [7, 11) is 0. The second-order valence-corrected chi connectivity index (χ2v) is 8.59. The molecule has 0 aliphatic carbocycles. The van der Waals surface area contributed by atoms with Gasteiger partial charge in [0.25, 0.3) is 0 Å². The van der Waals surface area contributed by atoms with Gasteiger partial charge in [-0.05, 0) is 29.8 Å². The normalized spacial score (nSPS) is 10.9. The Hall–Kier alpha value is -4.02. The molecular formula is C29H20N5OPt-. The van der Waals surface area contributed by atoms with Gasteiger partial charge >= 0.3 is 0 Å². The standard InChI is InChI=1S/C29H20N5O.Pt/c1-17-9-20(13-21(10-17)29-22-6-4-3-5-19(22)16-32-34-29)24-11-18(2)12-25(33-24)23-14-26-27(15-28(23)35)31-8-7-30-26;/h3-12,14-16,35H,1-2H3;/q-1;. The molecule has 0 aliphatic heterocycles. The molecule has 7 heteroatoms. The molecule has 6 nitrogen and oxygen atoms in total. The van der Waals surface area contributed by atoms with Crippen LogP contribution in [0.1, 0.15) is 11.1 Å². The number of aromatic nitrogens is 5. The molecule has 6 rings (SSSR count). The molecule has 178 valence electrons. The zero-order chi connectivity index (χ0) is 23.9. The van der Waals surface area contributed by atoms with E-state index in [1.54, 1.807) is 24.7 Å². The third-order valence-corrected chi connectivity index (χ3v) is 5.95. The predicted molar refractivity (Wildman–Crippen MR) is 137 cm³/mol. The van der Waals surface area contributed by atoms with Crippen molar-refractivity contribution < 1.29 is 26.2 Å². The van der Waals surface area contributed by atoms with Crippen molar-refractivity contribution in [2.24, 2.45) is 0 Å². The maximum absolute atomic E-state index is 10.7. The Kier molecular flexibility index (Phi) is 6.29. The van der Waals surface area contributed by atoms with E-state index in [0.717, 1.165) is 44.4 Å². The smallest absolute Gasteiger partial charge is 0.127 e. The Morgan fingerprint density at radius 2 is 1.47 bits per heavy atom. The zero-order valence-corrected chi connectivity index (χ0v) is 21.8. The minimum atomic E-state index is 0. The number of fused-ring (bicyclic) bond motifs is 2. The number of aryl methyl sites for hydroxylation is 2. The number of phenolic OH excluding ortho intramolecular Hbond substituents is 1. The Morgan fingerprint density at radius 1 is 0.778 bits per heavy atom. The van der Waals surface area contributed by atoms with Crippen LogP contribution < -0.4 is 0 Å². The summed E-state index contributed by atoms with van der Waals surface area (Å²) in [5.41, 5.74) is 7.93. The van der Waals surface area contributed by atoms with E-state index in [0.29, 0.717) is 22.3 Å². The van der Waals surface area contributed by atoms with Gasteiger partial charge < -0.3 is 5.11 Å². The molecule has 3 aromatic heterocycles. The van der Waals surface area contributed by atoms with Crippen LogP contribution in [0, 0.1) is 19.9 Å². The van der Waals surface area contributed by atoms with Gasteiger partial charge in [0.15, 0.2) is 0 Å². The van der Waals surface area contributed by atoms with E-state index in [1.807, 2.05) is 56.3 Å². The van der Waals surface area contributed by atoms with Gasteiger partial charge in [0.2, 0.25) is 0 Å². The van der Waals surface area contributed by atoms with E-state index in [4.69, 9.17) is 4.98 Å². The number of hydrogen-bond acceptors (Lipinski definition) is 6. The summed E-state index contributed by atoms with van der Waals surface area (Å²) in [6, 6.07) is 23.1. The number of rotatable bonds is 3. The third-order valence-electron chi connectivity index (χ3n) is 5.95. The summed E-state index contributed by atoms with van der Waals surface area (Å²) in [4.78, 5) is 13.5. The van der Waals surface area contributed by atoms with Gasteiger partial charge in [0.1, 0.15) is 5.75 Å². The van der Waals surface area contributed by atoms with Crippen LogP contribution in [0.2, 0.25) is 0 Å². The van der Waals surface area contributed by atoms with E-state index in [1.165, 1.54) is 0 Å². The van der Waals surface area contributed by atoms with E-state index in [-0.39, 0.29) is 26.8 Å². The minimum Gasteiger partial charge on any atom is -0.507 e. The first-order valence-electron chi connectivity index (χ1n) is 11.2. The molecule has 1 N–H and O–H groups in total. The number of phenols is 1. The summed E-state index contributed by atoms with van der Waals surface area (Å²) in [5.74, 6) is 0.113. The first-order valence-corrected chi connectivity index (χ1v) is 11.2. The van der Waals surface area contributed by atoms with Crippen molar-refractivity contribution in [2.75, 3.05) is 0 Å². The quantitative estimate of drug-likeness (QED) is 0.234. The largest absolute Gasteiger partial charge is 0.507 e. The van der Waals surface area contributed by atoms with Gasteiger partial charge in [0, 0.05) is 56.5 Å². The molecule has 0 radical (unpaired) electrons. The molecule has 36 heavy (non-hydrogen) atoms. The van der Waals surface area contributed by atoms with Crippen LogP contribution in [0.25, 0.3) is 55.6 Å². The topological polar surface area (TPSA) is 84.7 Å². The van der Waals surface area contributed by atoms with Gasteiger partial charge in [-0.25, -0.2) is 0 Å². The average molecular weight is 650 g/mol. The number of aromatic hydroxyl groups is 1. The molecule has 6 aromatic rings. The van der Waals surface area contributed by atoms with E-state index in [2.05, 4.69) is 38.4 Å². The monoisotopic (exact) mass is 649 g/mol. The van der Waals surface area contributed by atoms with Crippen molar-refractivity contribution in [1.82, 2.24) is 25.1 Å². The molecule has 0 spiro atoms. The fraction of sp³-hybridized carbons (Fsp3) is 0.0690. The van der Waals surface area contributed by atoms with Crippen molar-refractivity contribution in [3.8, 4) is 39.5 Å². The number of nitrogens with zero attached hydrogens (tertiary/aromatic N) is 5. The number of benzene rings is 3. The van der Waals surface area contributed by atoms with Crippen molar-refractivity contribution in [1.29, 1.82) is 0 Å². The van der Waals surface area contributed by atoms with Crippen molar-refractivity contribution in [3.05, 3.63) is 96.4 Å². The van der Waals surface area contributed by atoms with Crippen LogP contribution in [0.5, 0.6) is 5.75 Å². The summed E-state index contributed by atoms with van der Waals surface area (Å²) in [6.07, 6.45) is 5.01. The van der Waals surface area contributed by atoms with E-state index < -0.39 is 0 Å². The summed E-state index contributed by atoms with van der Waals surface area (Å²) >= 11 is 0. The van der Waals surface area contributed by atoms with Crippen LogP contribution in [0.4, 0.5) is 0 Å². The number of pyridine rings is 1. The Labute approximate surface area is 222 Å². The second kappa shape index (κ2) is 9.56. The van der Waals surface area contributed by atoms with E-state index in [9.17, 15) is 5.11 Å². The Morgan fingerprint density at radius 3 is 2.31 bits per heavy atom. The molecule has 0 fully saturated rings. The fourth-order valence-corrected chi connectivity index (χ4v) is 4.35. The van der Waals surface area contributed by atoms with Crippen LogP contribution in [0.15, 0.2) is 79.3 Å². The molecule has 3 heterocycles. The first kappa shape index (κ1) is 23.7. The van der Waals surface area contributed by atoms with Crippen LogP contribution in [-0.2, 0) is 21.1 Å². The number of hydrogen-bond donors (Lipinski definition) is 1. The first-order chi connectivity index (χ1) is 17.0. The minimum absolute atomic E-state index is 0. The molecule has 3 aromatic carbocycles. The molecule has 0 saturated carbocycles. The molecule has 0 atom stereocenters. The molecular weight excluding hydrogens is 629 g/mol. The van der Waals surface area contributed by atoms with Crippen LogP contribution in [-0.4, -0.2) is 30.3 Å². The maximum Gasteiger partial charge on any atom is 0.127 e. The van der Waals surface area contributed by atoms with Gasteiger partial charge in [-0.15, -0.1) is 23.8 Å². The second-order valence-electron chi connectivity index (χ2n) is 8.59. The molecule has 0 saturated heterocycles. The van der Waals surface area contributed by atoms with Crippen LogP contribution in [0.3, 0.4) is 0 Å². The van der Waals surface area contributed by atoms with Gasteiger partial charge in [-0.1, -0.05) is 53.9 Å². The summed E-state index contributed by atoms with van der Waals surface area (Å²) in [6.45, 7) is 4.06. The Bertz CT molecular complexity index is 1750. The van der Waals surface area contributed by atoms with Crippen molar-refractivity contribution in [2.45, 2.75) is 13.8 Å². The molecule has 0 unspecified atom stereocenters. The summed E-state index contributed by atoms with van der Waals surface area (Å²) < 4.78 is 0. The van der Waals surface area contributed by atoms with Crippen molar-refractivity contribution >= 4 is 21.8 Å². The van der Waals surface area contributed by atoms with Gasteiger partial charge in [0.05, 0.1) is 22.9 Å². The third kappa shape index (κ3) is 4.36. The van der Waals surface area contributed by atoms with Crippen molar-refractivity contribution in [3.63, 3.8) is 0 Å². The Balaban J connectivity index is 0.00000267. The zero-order valence-electron chi connectivity index (χ0n) is 19.5. The SMILES string of the molecule is Cc1cc(-c2cc(C)cc(-c3cc4nccnc4cc3O)n2)[c-]c(-c2nncc3ccccc23)c1.[Pt]. The maximum atomic E-state index is 10.7. The summed E-state index contributed by atoms with van der Waals surface area (Å²) in [5, 5.41) is 21.4. The average Bonchev–Trinajstić information content (AvgIpc) is 2.87. The van der Waals surface area contributed by atoms with Gasteiger partial charge in [-0.2, -0.15) is 10.2 Å². The van der Waals surface area contributed by atoms with Crippen LogP contribution >= 0.6 is 0 Å². The van der Waals surface area contributed by atoms with E-state index >= 15 is 0 Å². The van der Waals surface area contributed by atoms with Gasteiger partial charge in [-0.3, -0.25) is 15.0 Å². The predicted octanol–water partition coefficient (Wildman–Crippen LogP) is 6.09. The molecule has 0 amide bonds. The fourth-order valence-electron chi connectivity index (χ4n) is 4.35.